The molecule has 0 aliphatic carbocycles. The number of aromatic nitrogens is 2. The molecule has 0 bridgehead atoms. The number of halogens is 3. The molecule has 0 aliphatic rings. The minimum absolute atomic E-state index is 0.116. The smallest absolute Gasteiger partial charge is 0.147 e. The molecule has 1 aromatic carbocycles. The largest absolute Gasteiger partial charge is 0.378 e. The van der Waals surface area contributed by atoms with Crippen LogP contribution >= 0.6 is 15.9 Å². The molecule has 0 atom stereocenters. The van der Waals surface area contributed by atoms with Gasteiger partial charge in [-0.05, 0) is 27.9 Å². The summed E-state index contributed by atoms with van der Waals surface area (Å²) in [6.45, 7) is 4.50. The zero-order chi connectivity index (χ0) is 14.9. The van der Waals surface area contributed by atoms with E-state index in [9.17, 15) is 8.78 Å². The van der Waals surface area contributed by atoms with Crippen molar-refractivity contribution >= 4 is 21.6 Å². The lowest BCUT2D eigenvalue weighted by Crippen LogP contribution is -2.04. The number of nitrogens with zero attached hydrogens (tertiary/aromatic N) is 2. The van der Waals surface area contributed by atoms with E-state index in [0.29, 0.717) is 6.54 Å². The Bertz CT molecular complexity index is 623. The SMILES string of the molecule is CC(C)c1nn(C)cc1CNc1cc(F)c(Br)cc1F. The first-order chi connectivity index (χ1) is 9.38. The van der Waals surface area contributed by atoms with Crippen molar-refractivity contribution in [1.82, 2.24) is 9.78 Å². The quantitative estimate of drug-likeness (QED) is 0.843. The first-order valence-corrected chi connectivity index (χ1v) is 7.08. The maximum Gasteiger partial charge on any atom is 0.147 e. The van der Waals surface area contributed by atoms with Gasteiger partial charge >= 0.3 is 0 Å². The Morgan fingerprint density at radius 2 is 2.00 bits per heavy atom. The second-order valence-corrected chi connectivity index (χ2v) is 5.82. The van der Waals surface area contributed by atoms with Gasteiger partial charge in [0.1, 0.15) is 11.6 Å². The lowest BCUT2D eigenvalue weighted by molar-refractivity contribution is 0.596. The second-order valence-electron chi connectivity index (χ2n) is 4.97. The lowest BCUT2D eigenvalue weighted by Gasteiger charge is -2.09. The standard InChI is InChI=1S/C14H16BrF2N3/c1-8(2)14-9(7-20(3)19-14)6-18-13-5-11(16)10(15)4-12(13)17/h4-5,7-8,18H,6H2,1-3H3. The maximum atomic E-state index is 13.7. The first kappa shape index (κ1) is 15.0. The summed E-state index contributed by atoms with van der Waals surface area (Å²) in [4.78, 5) is 0. The molecule has 6 heteroatoms. The molecule has 0 unspecified atom stereocenters. The molecule has 0 aliphatic heterocycles. The Morgan fingerprint density at radius 1 is 1.30 bits per heavy atom. The summed E-state index contributed by atoms with van der Waals surface area (Å²) in [5, 5.41) is 7.29. The van der Waals surface area contributed by atoms with Crippen molar-refractivity contribution < 1.29 is 8.78 Å². The number of hydrogen-bond donors (Lipinski definition) is 1. The van der Waals surface area contributed by atoms with Crippen molar-refractivity contribution in [3.63, 3.8) is 0 Å². The number of anilines is 1. The number of benzene rings is 1. The highest BCUT2D eigenvalue weighted by molar-refractivity contribution is 9.10. The molecule has 2 aromatic rings. The summed E-state index contributed by atoms with van der Waals surface area (Å²) in [6, 6.07) is 2.26. The highest BCUT2D eigenvalue weighted by atomic mass is 79.9. The predicted octanol–water partition coefficient (Wildman–Crippen LogP) is 4.20. The number of rotatable bonds is 4. The van der Waals surface area contributed by atoms with Crippen LogP contribution in [0.4, 0.5) is 14.5 Å². The van der Waals surface area contributed by atoms with Crippen LogP contribution < -0.4 is 5.32 Å². The van der Waals surface area contributed by atoms with Gasteiger partial charge in [0, 0.05) is 31.4 Å². The van der Waals surface area contributed by atoms with Crippen LogP contribution in [0.1, 0.15) is 31.0 Å². The van der Waals surface area contributed by atoms with Crippen molar-refractivity contribution in [3.8, 4) is 0 Å². The molecule has 108 valence electrons. The summed E-state index contributed by atoms with van der Waals surface area (Å²) < 4.78 is 29.0. The van der Waals surface area contributed by atoms with Gasteiger partial charge in [-0.1, -0.05) is 13.8 Å². The molecule has 0 amide bonds. The summed E-state index contributed by atoms with van der Waals surface area (Å²) in [7, 11) is 1.84. The normalized spacial score (nSPS) is 11.2. The minimum Gasteiger partial charge on any atom is -0.378 e. The van der Waals surface area contributed by atoms with Crippen LogP contribution in [-0.2, 0) is 13.6 Å². The number of nitrogens with one attached hydrogen (secondary N) is 1. The molecule has 0 fully saturated rings. The fraction of sp³-hybridized carbons (Fsp3) is 0.357. The number of hydrogen-bond acceptors (Lipinski definition) is 2. The Balaban J connectivity index is 2.19. The van der Waals surface area contributed by atoms with Crippen molar-refractivity contribution in [2.75, 3.05) is 5.32 Å². The molecular weight excluding hydrogens is 328 g/mol. The van der Waals surface area contributed by atoms with E-state index in [2.05, 4.69) is 26.3 Å². The van der Waals surface area contributed by atoms with Gasteiger partial charge in [-0.3, -0.25) is 4.68 Å². The highest BCUT2D eigenvalue weighted by Crippen LogP contribution is 2.24. The fourth-order valence-electron chi connectivity index (χ4n) is 2.03. The molecule has 0 radical (unpaired) electrons. The van der Waals surface area contributed by atoms with Gasteiger partial charge < -0.3 is 5.32 Å². The van der Waals surface area contributed by atoms with Gasteiger partial charge in [0.2, 0.25) is 0 Å². The zero-order valence-electron chi connectivity index (χ0n) is 11.5. The molecule has 0 saturated heterocycles. The summed E-state index contributed by atoms with van der Waals surface area (Å²) >= 11 is 2.95. The van der Waals surface area contributed by atoms with Crippen LogP contribution in [0, 0.1) is 11.6 Å². The van der Waals surface area contributed by atoms with E-state index in [1.165, 1.54) is 0 Å². The molecule has 20 heavy (non-hydrogen) atoms. The third kappa shape index (κ3) is 3.17. The fourth-order valence-corrected chi connectivity index (χ4v) is 2.34. The summed E-state index contributed by atoms with van der Waals surface area (Å²) in [5.41, 5.74) is 2.08. The van der Waals surface area contributed by atoms with Crippen LogP contribution in [0.2, 0.25) is 0 Å². The summed E-state index contributed by atoms with van der Waals surface area (Å²) in [5.74, 6) is -0.711. The van der Waals surface area contributed by atoms with E-state index in [-0.39, 0.29) is 16.1 Å². The highest BCUT2D eigenvalue weighted by Gasteiger charge is 2.13. The summed E-state index contributed by atoms with van der Waals surface area (Å²) in [6.07, 6.45) is 1.88. The molecular formula is C14H16BrF2N3. The molecule has 1 aromatic heterocycles. The monoisotopic (exact) mass is 343 g/mol. The van der Waals surface area contributed by atoms with Crippen molar-refractivity contribution in [1.29, 1.82) is 0 Å². The minimum atomic E-state index is -0.496. The van der Waals surface area contributed by atoms with Crippen LogP contribution in [-0.4, -0.2) is 9.78 Å². The lowest BCUT2D eigenvalue weighted by atomic mass is 10.1. The van der Waals surface area contributed by atoms with Gasteiger partial charge in [0.05, 0.1) is 15.9 Å². The van der Waals surface area contributed by atoms with E-state index in [1.807, 2.05) is 27.1 Å². The van der Waals surface area contributed by atoms with Crippen molar-refractivity contribution in [3.05, 3.63) is 45.7 Å². The molecule has 0 spiro atoms. The van der Waals surface area contributed by atoms with Crippen LogP contribution in [0.25, 0.3) is 0 Å². The van der Waals surface area contributed by atoms with E-state index in [0.717, 1.165) is 23.4 Å². The van der Waals surface area contributed by atoms with E-state index < -0.39 is 11.6 Å². The van der Waals surface area contributed by atoms with Gasteiger partial charge in [0.25, 0.3) is 0 Å². The maximum absolute atomic E-state index is 13.7. The average molecular weight is 344 g/mol. The van der Waals surface area contributed by atoms with Gasteiger partial charge in [0.15, 0.2) is 0 Å². The van der Waals surface area contributed by atoms with Crippen LogP contribution in [0.5, 0.6) is 0 Å². The van der Waals surface area contributed by atoms with E-state index in [4.69, 9.17) is 0 Å². The molecule has 3 nitrogen and oxygen atoms in total. The Labute approximate surface area is 125 Å². The number of aryl methyl sites for hydroxylation is 1. The Morgan fingerprint density at radius 3 is 2.65 bits per heavy atom. The Hall–Kier alpha value is -1.43. The van der Waals surface area contributed by atoms with E-state index >= 15 is 0 Å². The second kappa shape index (κ2) is 5.91. The molecule has 1 heterocycles. The topological polar surface area (TPSA) is 29.9 Å². The predicted molar refractivity (Wildman–Crippen MR) is 78.7 cm³/mol. The molecule has 0 saturated carbocycles. The van der Waals surface area contributed by atoms with Crippen LogP contribution in [0.15, 0.2) is 22.8 Å². The van der Waals surface area contributed by atoms with Gasteiger partial charge in [-0.2, -0.15) is 5.10 Å². The third-order valence-electron chi connectivity index (χ3n) is 2.96. The first-order valence-electron chi connectivity index (χ1n) is 6.29. The Kier molecular flexibility index (Phi) is 4.42. The van der Waals surface area contributed by atoms with Gasteiger partial charge in [-0.25, -0.2) is 8.78 Å². The molecule has 1 N–H and O–H groups in total. The van der Waals surface area contributed by atoms with Gasteiger partial charge in [-0.15, -0.1) is 0 Å². The zero-order valence-corrected chi connectivity index (χ0v) is 13.1. The average Bonchev–Trinajstić information content (AvgIpc) is 2.74. The van der Waals surface area contributed by atoms with Crippen molar-refractivity contribution in [2.24, 2.45) is 7.05 Å². The molecule has 2 rings (SSSR count). The van der Waals surface area contributed by atoms with Crippen molar-refractivity contribution in [2.45, 2.75) is 26.3 Å². The van der Waals surface area contributed by atoms with E-state index in [1.54, 1.807) is 4.68 Å². The third-order valence-corrected chi connectivity index (χ3v) is 3.57. The van der Waals surface area contributed by atoms with Crippen LogP contribution in [0.3, 0.4) is 0 Å².